The van der Waals surface area contributed by atoms with E-state index >= 15 is 0 Å². The summed E-state index contributed by atoms with van der Waals surface area (Å²) in [4.78, 5) is 24.5. The van der Waals surface area contributed by atoms with E-state index in [0.717, 1.165) is 66.5 Å². The van der Waals surface area contributed by atoms with Crippen LogP contribution in [0.15, 0.2) is 42.7 Å². The lowest BCUT2D eigenvalue weighted by atomic mass is 9.92. The summed E-state index contributed by atoms with van der Waals surface area (Å²) in [5.74, 6) is 2.30. The van der Waals surface area contributed by atoms with Gasteiger partial charge in [0.05, 0.1) is 18.3 Å². The van der Waals surface area contributed by atoms with Crippen LogP contribution in [0.2, 0.25) is 0 Å². The Bertz CT molecular complexity index is 1080. The molecule has 168 valence electrons. The Morgan fingerprint density at radius 2 is 1.88 bits per heavy atom. The molecule has 1 N–H and O–H groups in total. The first kappa shape index (κ1) is 21.0. The van der Waals surface area contributed by atoms with E-state index in [1.165, 1.54) is 12.8 Å². The highest BCUT2D eigenvalue weighted by Crippen LogP contribution is 2.34. The molecule has 5 rings (SSSR count). The van der Waals surface area contributed by atoms with Gasteiger partial charge in [0, 0.05) is 37.3 Å². The monoisotopic (exact) mass is 431 g/mol. The molecule has 6 nitrogen and oxygen atoms in total. The molecule has 1 saturated heterocycles. The number of benzene rings is 1. The van der Waals surface area contributed by atoms with Crippen molar-refractivity contribution in [2.24, 2.45) is 5.92 Å². The number of piperidine rings is 1. The van der Waals surface area contributed by atoms with E-state index in [2.05, 4.69) is 34.8 Å². The van der Waals surface area contributed by atoms with Gasteiger partial charge < -0.3 is 14.8 Å². The molecule has 3 aromatic rings. The molecule has 0 spiro atoms. The Balaban J connectivity index is 1.32. The molecule has 6 heteroatoms. The average molecular weight is 432 g/mol. The summed E-state index contributed by atoms with van der Waals surface area (Å²) >= 11 is 0. The number of likely N-dealkylation sites (tertiary alicyclic amines) is 1. The van der Waals surface area contributed by atoms with E-state index in [4.69, 9.17) is 4.98 Å². The summed E-state index contributed by atoms with van der Waals surface area (Å²) in [6, 6.07) is 12.6. The molecule has 2 aliphatic rings. The Morgan fingerprint density at radius 1 is 1.12 bits per heavy atom. The smallest absolute Gasteiger partial charge is 0.226 e. The molecule has 2 aromatic heterocycles. The van der Waals surface area contributed by atoms with Crippen molar-refractivity contribution >= 4 is 22.8 Å². The first-order valence-electron chi connectivity index (χ1n) is 12.0. The summed E-state index contributed by atoms with van der Waals surface area (Å²) in [6.07, 6.45) is 6.96. The highest BCUT2D eigenvalue weighted by atomic mass is 16.2. The molecule has 1 saturated carbocycles. The Kier molecular flexibility index (Phi) is 5.85. The fraction of sp³-hybridized carbons (Fsp3) is 0.500. The van der Waals surface area contributed by atoms with E-state index in [-0.39, 0.29) is 5.91 Å². The number of hydrogen-bond acceptors (Lipinski definition) is 4. The second-order valence-electron chi connectivity index (χ2n) is 9.65. The molecule has 0 bridgehead atoms. The minimum absolute atomic E-state index is 0.225. The molecule has 1 aliphatic carbocycles. The standard InChI is InChI=1S/C26H33N5O/c1-18(2)31-17-28-25-23(31)15-22(29-26(25)27-16-20-8-9-20)21-10-12-30(13-11-21)24(32)14-19-6-4-3-5-7-19/h3-7,15,17-18,20-21H,8-14,16H2,1-2H3,(H,27,29). The number of hydrogen-bond donors (Lipinski definition) is 1. The molecule has 1 aromatic carbocycles. The lowest BCUT2D eigenvalue weighted by molar-refractivity contribution is -0.131. The van der Waals surface area contributed by atoms with Crippen molar-refractivity contribution in [3.05, 3.63) is 54.0 Å². The number of carbonyl (C=O) groups excluding carboxylic acids is 1. The third-order valence-corrected chi connectivity index (χ3v) is 6.86. The van der Waals surface area contributed by atoms with Gasteiger partial charge in [-0.2, -0.15) is 0 Å². The first-order chi connectivity index (χ1) is 15.6. The van der Waals surface area contributed by atoms with E-state index < -0.39 is 0 Å². The molecular formula is C26H33N5O. The van der Waals surface area contributed by atoms with Gasteiger partial charge in [0.25, 0.3) is 0 Å². The number of nitrogens with one attached hydrogen (secondary N) is 1. The van der Waals surface area contributed by atoms with Crippen LogP contribution in [0.4, 0.5) is 5.82 Å². The summed E-state index contributed by atoms with van der Waals surface area (Å²) in [7, 11) is 0. The van der Waals surface area contributed by atoms with Gasteiger partial charge in [-0.05, 0) is 57.1 Å². The first-order valence-corrected chi connectivity index (χ1v) is 12.0. The van der Waals surface area contributed by atoms with Crippen molar-refractivity contribution in [2.45, 2.75) is 57.9 Å². The minimum atomic E-state index is 0.225. The van der Waals surface area contributed by atoms with Crippen molar-refractivity contribution in [1.29, 1.82) is 0 Å². The van der Waals surface area contributed by atoms with Crippen LogP contribution in [0.25, 0.3) is 11.0 Å². The van der Waals surface area contributed by atoms with Crippen molar-refractivity contribution in [1.82, 2.24) is 19.4 Å². The maximum absolute atomic E-state index is 12.8. The number of amides is 1. The largest absolute Gasteiger partial charge is 0.368 e. The second-order valence-corrected chi connectivity index (χ2v) is 9.65. The SMILES string of the molecule is CC(C)n1cnc2c(NCC3CC3)nc(C3CCN(C(=O)Cc4ccccc4)CC3)cc21. The van der Waals surface area contributed by atoms with Crippen molar-refractivity contribution in [3.8, 4) is 0 Å². The summed E-state index contributed by atoms with van der Waals surface area (Å²) < 4.78 is 2.24. The molecule has 1 aliphatic heterocycles. The van der Waals surface area contributed by atoms with Gasteiger partial charge in [0.1, 0.15) is 5.52 Å². The minimum Gasteiger partial charge on any atom is -0.368 e. The number of nitrogens with zero attached hydrogens (tertiary/aromatic N) is 4. The third-order valence-electron chi connectivity index (χ3n) is 6.86. The number of pyridine rings is 1. The molecular weight excluding hydrogens is 398 g/mol. The zero-order valence-electron chi connectivity index (χ0n) is 19.1. The predicted molar refractivity (Wildman–Crippen MR) is 128 cm³/mol. The van der Waals surface area contributed by atoms with Crippen LogP contribution in [0, 0.1) is 5.92 Å². The van der Waals surface area contributed by atoms with Crippen LogP contribution >= 0.6 is 0 Å². The van der Waals surface area contributed by atoms with Gasteiger partial charge in [-0.3, -0.25) is 4.79 Å². The number of anilines is 1. The third kappa shape index (κ3) is 4.50. The Hall–Kier alpha value is -2.89. The van der Waals surface area contributed by atoms with Gasteiger partial charge in [-0.15, -0.1) is 0 Å². The average Bonchev–Trinajstić information content (AvgIpc) is 3.54. The van der Waals surface area contributed by atoms with Crippen LogP contribution in [-0.4, -0.2) is 45.0 Å². The van der Waals surface area contributed by atoms with E-state index in [1.54, 1.807) is 0 Å². The number of fused-ring (bicyclic) bond motifs is 1. The maximum atomic E-state index is 12.8. The maximum Gasteiger partial charge on any atom is 0.226 e. The van der Waals surface area contributed by atoms with Crippen LogP contribution in [0.1, 0.15) is 62.7 Å². The van der Waals surface area contributed by atoms with Crippen molar-refractivity contribution < 1.29 is 4.79 Å². The zero-order valence-corrected chi connectivity index (χ0v) is 19.1. The quantitative estimate of drug-likeness (QED) is 0.585. The Morgan fingerprint density at radius 3 is 2.56 bits per heavy atom. The van der Waals surface area contributed by atoms with Crippen LogP contribution < -0.4 is 5.32 Å². The number of imidazole rings is 1. The second kappa shape index (κ2) is 8.93. The molecule has 2 fully saturated rings. The van der Waals surface area contributed by atoms with Gasteiger partial charge in [0.2, 0.25) is 5.91 Å². The summed E-state index contributed by atoms with van der Waals surface area (Å²) in [6.45, 7) is 6.95. The van der Waals surface area contributed by atoms with E-state index in [9.17, 15) is 4.79 Å². The fourth-order valence-corrected chi connectivity index (χ4v) is 4.66. The van der Waals surface area contributed by atoms with Gasteiger partial charge in [-0.25, -0.2) is 9.97 Å². The molecule has 32 heavy (non-hydrogen) atoms. The van der Waals surface area contributed by atoms with Crippen molar-refractivity contribution in [3.63, 3.8) is 0 Å². The summed E-state index contributed by atoms with van der Waals surface area (Å²) in [5, 5.41) is 3.58. The molecule has 0 radical (unpaired) electrons. The predicted octanol–water partition coefficient (Wildman–Crippen LogP) is 4.78. The molecule has 0 atom stereocenters. The molecule has 3 heterocycles. The Labute approximate surface area is 190 Å². The summed E-state index contributed by atoms with van der Waals surface area (Å²) in [5.41, 5.74) is 4.35. The molecule has 1 amide bonds. The van der Waals surface area contributed by atoms with Crippen LogP contribution in [0.5, 0.6) is 0 Å². The highest BCUT2D eigenvalue weighted by molar-refractivity contribution is 5.86. The lowest BCUT2D eigenvalue weighted by Gasteiger charge is -2.32. The van der Waals surface area contributed by atoms with E-state index in [0.29, 0.717) is 18.4 Å². The number of aromatic nitrogens is 3. The lowest BCUT2D eigenvalue weighted by Crippen LogP contribution is -2.39. The van der Waals surface area contributed by atoms with Crippen LogP contribution in [0.3, 0.4) is 0 Å². The fourth-order valence-electron chi connectivity index (χ4n) is 4.66. The highest BCUT2D eigenvalue weighted by Gasteiger charge is 2.27. The van der Waals surface area contributed by atoms with Gasteiger partial charge in [-0.1, -0.05) is 30.3 Å². The van der Waals surface area contributed by atoms with Gasteiger partial charge in [0.15, 0.2) is 5.82 Å². The zero-order chi connectivity index (χ0) is 22.1. The normalized spacial score (nSPS) is 17.3. The van der Waals surface area contributed by atoms with E-state index in [1.807, 2.05) is 41.6 Å². The van der Waals surface area contributed by atoms with Gasteiger partial charge >= 0.3 is 0 Å². The number of carbonyl (C=O) groups is 1. The number of rotatable bonds is 7. The topological polar surface area (TPSA) is 63.1 Å². The van der Waals surface area contributed by atoms with Crippen LogP contribution in [-0.2, 0) is 11.2 Å². The molecule has 0 unspecified atom stereocenters. The van der Waals surface area contributed by atoms with Crippen molar-refractivity contribution in [2.75, 3.05) is 25.0 Å².